The van der Waals surface area contributed by atoms with E-state index in [0.717, 1.165) is 5.56 Å². The Morgan fingerprint density at radius 3 is 2.23 bits per heavy atom. The smallest absolute Gasteiger partial charge is 0.337 e. The highest BCUT2D eigenvalue weighted by Crippen LogP contribution is 2.30. The lowest BCUT2D eigenvalue weighted by Gasteiger charge is -2.33. The molecule has 0 aliphatic carbocycles. The Labute approximate surface area is 175 Å². The Morgan fingerprint density at radius 1 is 1.00 bits per heavy atom. The van der Waals surface area contributed by atoms with Gasteiger partial charge in [-0.1, -0.05) is 24.3 Å². The third kappa shape index (κ3) is 4.91. The molecule has 30 heavy (non-hydrogen) atoms. The van der Waals surface area contributed by atoms with E-state index >= 15 is 0 Å². The first-order chi connectivity index (χ1) is 14.3. The van der Waals surface area contributed by atoms with Crippen molar-refractivity contribution in [3.05, 3.63) is 59.7 Å². The molecule has 0 bridgehead atoms. The molecule has 0 radical (unpaired) electrons. The quantitative estimate of drug-likeness (QED) is 0.674. The Balaban J connectivity index is 1.90. The molecule has 0 spiro atoms. The van der Waals surface area contributed by atoms with E-state index in [9.17, 15) is 18.0 Å². The minimum Gasteiger partial charge on any atom is -0.495 e. The normalized spacial score (nSPS) is 15.3. The molecule has 8 nitrogen and oxygen atoms in total. The minimum absolute atomic E-state index is 0.0493. The van der Waals surface area contributed by atoms with E-state index in [-0.39, 0.29) is 37.2 Å². The number of nitrogens with zero attached hydrogens (tertiary/aromatic N) is 2. The number of ether oxygens (including phenoxy) is 2. The molecule has 1 fully saturated rings. The minimum atomic E-state index is -3.11. The highest BCUT2D eigenvalue weighted by Gasteiger charge is 2.30. The molecular weight excluding hydrogens is 408 g/mol. The van der Waals surface area contributed by atoms with E-state index < -0.39 is 15.8 Å². The zero-order chi connectivity index (χ0) is 21.7. The van der Waals surface area contributed by atoms with Crippen LogP contribution in [0.4, 0.5) is 10.5 Å². The number of urea groups is 1. The van der Waals surface area contributed by atoms with E-state index in [1.807, 2.05) is 6.07 Å². The summed E-state index contributed by atoms with van der Waals surface area (Å²) in [4.78, 5) is 28.1. The van der Waals surface area contributed by atoms with Crippen LogP contribution in [0.3, 0.4) is 0 Å². The van der Waals surface area contributed by atoms with Crippen molar-refractivity contribution < 1.29 is 27.5 Å². The van der Waals surface area contributed by atoms with Gasteiger partial charge in [0.05, 0.1) is 43.5 Å². The first-order valence-electron chi connectivity index (χ1n) is 9.42. The summed E-state index contributed by atoms with van der Waals surface area (Å²) in [6.45, 7) is 0.520. The summed E-state index contributed by atoms with van der Waals surface area (Å²) in [7, 11) is -0.263. The van der Waals surface area contributed by atoms with Crippen LogP contribution in [-0.4, -0.2) is 64.1 Å². The first-order valence-corrected chi connectivity index (χ1v) is 11.2. The number of esters is 1. The van der Waals surface area contributed by atoms with Gasteiger partial charge in [-0.2, -0.15) is 0 Å². The van der Waals surface area contributed by atoms with Crippen molar-refractivity contribution in [3.63, 3.8) is 0 Å². The number of anilines is 1. The van der Waals surface area contributed by atoms with Gasteiger partial charge >= 0.3 is 12.0 Å². The molecule has 1 saturated heterocycles. The van der Waals surface area contributed by atoms with Gasteiger partial charge in [-0.15, -0.1) is 0 Å². The second-order valence-electron chi connectivity index (χ2n) is 6.87. The van der Waals surface area contributed by atoms with Gasteiger partial charge in [0.1, 0.15) is 5.75 Å². The number of sulfone groups is 1. The lowest BCUT2D eigenvalue weighted by molar-refractivity contribution is 0.0600. The molecule has 1 aliphatic rings. The lowest BCUT2D eigenvalue weighted by Crippen LogP contribution is -2.49. The summed E-state index contributed by atoms with van der Waals surface area (Å²) < 4.78 is 33.7. The van der Waals surface area contributed by atoms with E-state index in [2.05, 4.69) is 0 Å². The van der Waals surface area contributed by atoms with Gasteiger partial charge < -0.3 is 14.4 Å². The maximum atomic E-state index is 13.3. The van der Waals surface area contributed by atoms with Crippen molar-refractivity contribution in [3.8, 4) is 5.75 Å². The molecule has 160 valence electrons. The molecule has 0 unspecified atom stereocenters. The largest absolute Gasteiger partial charge is 0.495 e. The Hall–Kier alpha value is -3.07. The predicted octanol–water partition coefficient (Wildman–Crippen LogP) is 2.34. The van der Waals surface area contributed by atoms with Crippen molar-refractivity contribution in [2.75, 3.05) is 43.7 Å². The highest BCUT2D eigenvalue weighted by atomic mass is 32.2. The van der Waals surface area contributed by atoms with Crippen LogP contribution < -0.4 is 9.64 Å². The van der Waals surface area contributed by atoms with Crippen LogP contribution in [0.2, 0.25) is 0 Å². The number of para-hydroxylation sites is 2. The van der Waals surface area contributed by atoms with E-state index in [1.54, 1.807) is 47.4 Å². The van der Waals surface area contributed by atoms with Crippen LogP contribution in [0.25, 0.3) is 0 Å². The van der Waals surface area contributed by atoms with Gasteiger partial charge in [-0.05, 0) is 29.8 Å². The third-order valence-electron chi connectivity index (χ3n) is 4.94. The van der Waals surface area contributed by atoms with Crippen LogP contribution in [-0.2, 0) is 21.1 Å². The van der Waals surface area contributed by atoms with Crippen molar-refractivity contribution in [2.45, 2.75) is 6.54 Å². The van der Waals surface area contributed by atoms with Gasteiger partial charge in [-0.25, -0.2) is 18.0 Å². The van der Waals surface area contributed by atoms with E-state index in [1.165, 1.54) is 19.1 Å². The monoisotopic (exact) mass is 432 g/mol. The van der Waals surface area contributed by atoms with Crippen LogP contribution in [0.5, 0.6) is 5.75 Å². The molecule has 9 heteroatoms. The SMILES string of the molecule is COC(=O)c1ccc(CN(C(=O)N2CCS(=O)(=O)CC2)c2ccccc2OC)cc1. The molecule has 1 aliphatic heterocycles. The average Bonchev–Trinajstić information content (AvgIpc) is 2.77. The number of methoxy groups -OCH3 is 2. The molecule has 0 saturated carbocycles. The van der Waals surface area contributed by atoms with Crippen molar-refractivity contribution >= 4 is 27.5 Å². The molecule has 3 rings (SSSR count). The van der Waals surface area contributed by atoms with E-state index in [0.29, 0.717) is 17.0 Å². The summed E-state index contributed by atoms with van der Waals surface area (Å²) in [5.41, 5.74) is 1.79. The highest BCUT2D eigenvalue weighted by molar-refractivity contribution is 7.91. The topological polar surface area (TPSA) is 93.2 Å². The number of carbonyl (C=O) groups excluding carboxylic acids is 2. The summed E-state index contributed by atoms with van der Waals surface area (Å²) in [5.74, 6) is -0.00559. The number of benzene rings is 2. The number of hydrogen-bond acceptors (Lipinski definition) is 6. The maximum Gasteiger partial charge on any atom is 0.337 e. The first kappa shape index (κ1) is 21.6. The summed E-state index contributed by atoms with van der Waals surface area (Å²) >= 11 is 0. The fraction of sp³-hybridized carbons (Fsp3) is 0.333. The zero-order valence-corrected chi connectivity index (χ0v) is 17.7. The van der Waals surface area contributed by atoms with Crippen LogP contribution in [0.1, 0.15) is 15.9 Å². The van der Waals surface area contributed by atoms with Gasteiger partial charge in [0.15, 0.2) is 9.84 Å². The van der Waals surface area contributed by atoms with Crippen LogP contribution >= 0.6 is 0 Å². The molecule has 2 aromatic carbocycles. The molecule has 1 heterocycles. The third-order valence-corrected chi connectivity index (χ3v) is 6.55. The van der Waals surface area contributed by atoms with Gasteiger partial charge in [0, 0.05) is 13.1 Å². The van der Waals surface area contributed by atoms with Crippen molar-refractivity contribution in [1.82, 2.24) is 4.90 Å². The van der Waals surface area contributed by atoms with Crippen LogP contribution in [0, 0.1) is 0 Å². The van der Waals surface area contributed by atoms with Gasteiger partial charge in [-0.3, -0.25) is 4.90 Å². The predicted molar refractivity (Wildman–Crippen MR) is 113 cm³/mol. The molecule has 2 amide bonds. The molecule has 0 N–H and O–H groups in total. The average molecular weight is 432 g/mol. The lowest BCUT2D eigenvalue weighted by atomic mass is 10.1. The Morgan fingerprint density at radius 2 is 1.63 bits per heavy atom. The Bertz CT molecular complexity index is 1010. The molecule has 0 aromatic heterocycles. The van der Waals surface area contributed by atoms with Crippen molar-refractivity contribution in [2.24, 2.45) is 0 Å². The number of rotatable bonds is 5. The van der Waals surface area contributed by atoms with Gasteiger partial charge in [0.2, 0.25) is 0 Å². The second kappa shape index (κ2) is 9.17. The summed E-state index contributed by atoms with van der Waals surface area (Å²) in [6.07, 6.45) is 0. The Kier molecular flexibility index (Phi) is 6.61. The summed E-state index contributed by atoms with van der Waals surface area (Å²) in [6, 6.07) is 13.6. The van der Waals surface area contributed by atoms with Crippen molar-refractivity contribution in [1.29, 1.82) is 0 Å². The number of carbonyl (C=O) groups is 2. The van der Waals surface area contributed by atoms with E-state index in [4.69, 9.17) is 9.47 Å². The maximum absolute atomic E-state index is 13.3. The molecular formula is C21H24N2O6S. The second-order valence-corrected chi connectivity index (χ2v) is 9.17. The van der Waals surface area contributed by atoms with Gasteiger partial charge in [0.25, 0.3) is 0 Å². The standard InChI is InChI=1S/C21H24N2O6S/c1-28-19-6-4-3-5-18(19)23(21(25)22-11-13-30(26,27)14-12-22)15-16-7-9-17(10-8-16)20(24)29-2/h3-10H,11-15H2,1-2H3. The number of hydrogen-bond donors (Lipinski definition) is 0. The summed E-state index contributed by atoms with van der Waals surface area (Å²) in [5, 5.41) is 0. The molecule has 2 aromatic rings. The molecule has 0 atom stereocenters. The zero-order valence-electron chi connectivity index (χ0n) is 16.9. The fourth-order valence-corrected chi connectivity index (χ4v) is 4.43. The fourth-order valence-electron chi connectivity index (χ4n) is 3.23. The number of amides is 2. The van der Waals surface area contributed by atoms with Crippen LogP contribution in [0.15, 0.2) is 48.5 Å².